The molecule has 0 radical (unpaired) electrons. The van der Waals surface area contributed by atoms with Crippen LogP contribution >= 0.6 is 0 Å². The summed E-state index contributed by atoms with van der Waals surface area (Å²) in [6, 6.07) is 7.13. The van der Waals surface area contributed by atoms with Gasteiger partial charge < -0.3 is 5.32 Å². The summed E-state index contributed by atoms with van der Waals surface area (Å²) in [6.45, 7) is 1.00. The van der Waals surface area contributed by atoms with E-state index in [0.717, 1.165) is 18.5 Å². The monoisotopic (exact) mass is 243 g/mol. The predicted molar refractivity (Wildman–Crippen MR) is 71.7 cm³/mol. The summed E-state index contributed by atoms with van der Waals surface area (Å²) in [5.74, 6) is 0.517. The molecule has 94 valence electrons. The summed E-state index contributed by atoms with van der Waals surface area (Å²) in [5.41, 5.74) is 2.42. The maximum atomic E-state index is 13.4. The van der Waals surface area contributed by atoms with Crippen LogP contribution in [0.15, 0.2) is 48.1 Å². The SMILES string of the molecule is Fc1cccc(C2NCCCC3C=CC=C2C3)c1. The van der Waals surface area contributed by atoms with E-state index in [1.165, 1.54) is 24.5 Å². The van der Waals surface area contributed by atoms with E-state index < -0.39 is 0 Å². The van der Waals surface area contributed by atoms with Crippen LogP contribution in [-0.4, -0.2) is 6.54 Å². The Bertz CT molecular complexity index is 490. The Kier molecular flexibility index (Phi) is 3.28. The lowest BCUT2D eigenvalue weighted by atomic mass is 9.83. The van der Waals surface area contributed by atoms with Gasteiger partial charge in [-0.25, -0.2) is 4.39 Å². The van der Waals surface area contributed by atoms with Gasteiger partial charge in [-0.1, -0.05) is 30.4 Å². The van der Waals surface area contributed by atoms with Gasteiger partial charge in [0.2, 0.25) is 0 Å². The van der Waals surface area contributed by atoms with Gasteiger partial charge in [0.05, 0.1) is 6.04 Å². The maximum Gasteiger partial charge on any atom is 0.123 e. The minimum atomic E-state index is -0.153. The second kappa shape index (κ2) is 5.07. The zero-order chi connectivity index (χ0) is 12.4. The highest BCUT2D eigenvalue weighted by molar-refractivity contribution is 5.33. The van der Waals surface area contributed by atoms with Crippen LogP contribution in [0.3, 0.4) is 0 Å². The van der Waals surface area contributed by atoms with Crippen LogP contribution in [0.2, 0.25) is 0 Å². The number of halogens is 1. The summed E-state index contributed by atoms with van der Waals surface area (Å²) >= 11 is 0. The van der Waals surface area contributed by atoms with Crippen molar-refractivity contribution in [1.29, 1.82) is 0 Å². The zero-order valence-electron chi connectivity index (χ0n) is 10.4. The number of rotatable bonds is 1. The van der Waals surface area contributed by atoms with Crippen molar-refractivity contribution in [2.45, 2.75) is 25.3 Å². The molecular weight excluding hydrogens is 225 g/mol. The van der Waals surface area contributed by atoms with E-state index in [2.05, 4.69) is 23.5 Å². The first-order valence-electron chi connectivity index (χ1n) is 6.69. The lowest BCUT2D eigenvalue weighted by molar-refractivity contribution is 0.447. The van der Waals surface area contributed by atoms with Gasteiger partial charge in [0.25, 0.3) is 0 Å². The minimum absolute atomic E-state index is 0.153. The van der Waals surface area contributed by atoms with Crippen molar-refractivity contribution in [2.75, 3.05) is 6.54 Å². The van der Waals surface area contributed by atoms with Gasteiger partial charge in [-0.3, -0.25) is 0 Å². The van der Waals surface area contributed by atoms with Gasteiger partial charge in [-0.2, -0.15) is 0 Å². The van der Waals surface area contributed by atoms with Crippen LogP contribution in [0, 0.1) is 11.7 Å². The second-order valence-corrected chi connectivity index (χ2v) is 5.18. The molecule has 0 aromatic heterocycles. The molecule has 1 aromatic rings. The van der Waals surface area contributed by atoms with Gasteiger partial charge in [-0.15, -0.1) is 0 Å². The van der Waals surface area contributed by atoms with Crippen molar-refractivity contribution in [3.63, 3.8) is 0 Å². The number of fused-ring (bicyclic) bond motifs is 2. The maximum absolute atomic E-state index is 13.4. The summed E-state index contributed by atoms with van der Waals surface area (Å²) in [6.07, 6.45) is 10.2. The molecule has 1 aliphatic carbocycles. The minimum Gasteiger partial charge on any atom is -0.307 e. The average molecular weight is 243 g/mol. The normalized spacial score (nSPS) is 27.3. The summed E-state index contributed by atoms with van der Waals surface area (Å²) in [4.78, 5) is 0. The standard InChI is InChI=1S/C16H18FN/c17-15-8-2-7-14(11-15)16-13-6-1-4-12(10-13)5-3-9-18-16/h1-2,4,6-8,11-12,16,18H,3,5,9-10H2. The van der Waals surface area contributed by atoms with E-state index in [0.29, 0.717) is 5.92 Å². The van der Waals surface area contributed by atoms with E-state index in [9.17, 15) is 4.39 Å². The Morgan fingerprint density at radius 1 is 1.28 bits per heavy atom. The highest BCUT2D eigenvalue weighted by Crippen LogP contribution is 2.33. The number of nitrogens with one attached hydrogen (secondary N) is 1. The summed E-state index contributed by atoms with van der Waals surface area (Å²) in [5, 5.41) is 3.55. The predicted octanol–water partition coefficient (Wildman–Crippen LogP) is 3.75. The fraction of sp³-hybridized carbons (Fsp3) is 0.375. The molecule has 1 fully saturated rings. The van der Waals surface area contributed by atoms with Crippen LogP contribution in [-0.2, 0) is 0 Å². The molecule has 18 heavy (non-hydrogen) atoms. The molecule has 0 saturated carbocycles. The lowest BCUT2D eigenvalue weighted by Crippen LogP contribution is -2.28. The molecule has 0 amide bonds. The Hall–Kier alpha value is -1.41. The van der Waals surface area contributed by atoms with Crippen molar-refractivity contribution in [3.05, 3.63) is 59.4 Å². The first-order chi connectivity index (χ1) is 8.83. The van der Waals surface area contributed by atoms with Gasteiger partial charge >= 0.3 is 0 Å². The van der Waals surface area contributed by atoms with E-state index >= 15 is 0 Å². The highest BCUT2D eigenvalue weighted by atomic mass is 19.1. The molecule has 2 unspecified atom stereocenters. The fourth-order valence-electron chi connectivity index (χ4n) is 2.95. The number of hydrogen-bond donors (Lipinski definition) is 1. The lowest BCUT2D eigenvalue weighted by Gasteiger charge is -2.30. The van der Waals surface area contributed by atoms with Crippen LogP contribution in [0.5, 0.6) is 0 Å². The number of hydrogen-bond acceptors (Lipinski definition) is 1. The van der Waals surface area contributed by atoms with Gasteiger partial charge in [-0.05, 0) is 55.0 Å². The molecule has 1 aromatic carbocycles. The van der Waals surface area contributed by atoms with Crippen LogP contribution in [0.25, 0.3) is 0 Å². The topological polar surface area (TPSA) is 12.0 Å². The van der Waals surface area contributed by atoms with E-state index in [1.807, 2.05) is 6.07 Å². The third-order valence-electron chi connectivity index (χ3n) is 3.84. The molecule has 2 aliphatic rings. The highest BCUT2D eigenvalue weighted by Gasteiger charge is 2.22. The van der Waals surface area contributed by atoms with Gasteiger partial charge in [0.15, 0.2) is 0 Å². The van der Waals surface area contributed by atoms with E-state index in [-0.39, 0.29) is 11.9 Å². The Morgan fingerprint density at radius 2 is 2.22 bits per heavy atom. The van der Waals surface area contributed by atoms with E-state index in [4.69, 9.17) is 0 Å². The first kappa shape index (κ1) is 11.7. The number of benzene rings is 1. The molecule has 1 saturated heterocycles. The largest absolute Gasteiger partial charge is 0.307 e. The van der Waals surface area contributed by atoms with Gasteiger partial charge in [0, 0.05) is 0 Å². The molecule has 1 heterocycles. The van der Waals surface area contributed by atoms with Gasteiger partial charge in [0.1, 0.15) is 5.82 Å². The summed E-state index contributed by atoms with van der Waals surface area (Å²) < 4.78 is 13.4. The molecule has 1 N–H and O–H groups in total. The molecule has 2 heteroatoms. The number of allylic oxidation sites excluding steroid dienone is 3. The molecular formula is C16H18FN. The third kappa shape index (κ3) is 2.39. The molecule has 2 atom stereocenters. The quantitative estimate of drug-likeness (QED) is 0.792. The molecule has 1 aliphatic heterocycles. The van der Waals surface area contributed by atoms with Crippen molar-refractivity contribution >= 4 is 0 Å². The van der Waals surface area contributed by atoms with Crippen molar-refractivity contribution in [1.82, 2.24) is 5.32 Å². The molecule has 3 rings (SSSR count). The Labute approximate surface area is 107 Å². The fourth-order valence-corrected chi connectivity index (χ4v) is 2.95. The molecule has 2 bridgehead atoms. The van der Waals surface area contributed by atoms with Crippen LogP contribution in [0.1, 0.15) is 30.9 Å². The smallest absolute Gasteiger partial charge is 0.123 e. The first-order valence-corrected chi connectivity index (χ1v) is 6.69. The average Bonchev–Trinajstić information content (AvgIpc) is 2.37. The Morgan fingerprint density at radius 3 is 3.11 bits per heavy atom. The molecule has 1 nitrogen and oxygen atoms in total. The van der Waals surface area contributed by atoms with Crippen molar-refractivity contribution in [2.24, 2.45) is 5.92 Å². The van der Waals surface area contributed by atoms with Crippen molar-refractivity contribution in [3.8, 4) is 0 Å². The zero-order valence-corrected chi connectivity index (χ0v) is 10.4. The van der Waals surface area contributed by atoms with Crippen LogP contribution < -0.4 is 5.32 Å². The second-order valence-electron chi connectivity index (χ2n) is 5.18. The van der Waals surface area contributed by atoms with E-state index in [1.54, 1.807) is 12.1 Å². The molecule has 0 spiro atoms. The van der Waals surface area contributed by atoms with Crippen molar-refractivity contribution < 1.29 is 4.39 Å². The summed E-state index contributed by atoms with van der Waals surface area (Å²) in [7, 11) is 0. The van der Waals surface area contributed by atoms with Crippen LogP contribution in [0.4, 0.5) is 4.39 Å². The Balaban J connectivity index is 1.93. The third-order valence-corrected chi connectivity index (χ3v) is 3.84.